The van der Waals surface area contributed by atoms with Crippen molar-refractivity contribution >= 4 is 33.1 Å². The number of hydrogen-bond donors (Lipinski definition) is 0. The first-order valence-corrected chi connectivity index (χ1v) is 11.5. The Morgan fingerprint density at radius 2 is 1.65 bits per heavy atom. The monoisotopic (exact) mass is 441 g/mol. The first-order chi connectivity index (χ1) is 14.9. The van der Waals surface area contributed by atoms with Crippen LogP contribution in [0.3, 0.4) is 0 Å². The lowest BCUT2D eigenvalue weighted by atomic mass is 10.2. The predicted octanol–water partition coefficient (Wildman–Crippen LogP) is 2.13. The summed E-state index contributed by atoms with van der Waals surface area (Å²) in [7, 11) is -3.55. The van der Waals surface area contributed by atoms with Crippen LogP contribution in [-0.2, 0) is 21.4 Å². The number of aromatic nitrogens is 1. The molecule has 0 bridgehead atoms. The smallest absolute Gasteiger partial charge is 0.408 e. The fourth-order valence-corrected chi connectivity index (χ4v) is 4.77. The minimum Gasteiger partial charge on any atom is -0.408 e. The topological polar surface area (TPSA) is 92.8 Å². The molecule has 1 aromatic heterocycles. The maximum Gasteiger partial charge on any atom is 0.419 e. The number of nitrogens with zero attached hydrogens (tertiary/aromatic N) is 3. The third-order valence-electron chi connectivity index (χ3n) is 5.31. The zero-order valence-electron chi connectivity index (χ0n) is 16.9. The number of benzene rings is 2. The van der Waals surface area contributed by atoms with Gasteiger partial charge in [0.25, 0.3) is 0 Å². The Morgan fingerprint density at radius 1 is 0.968 bits per heavy atom. The van der Waals surface area contributed by atoms with Crippen molar-refractivity contribution in [2.45, 2.75) is 13.0 Å². The van der Waals surface area contributed by atoms with Gasteiger partial charge >= 0.3 is 5.76 Å². The molecule has 1 aliphatic heterocycles. The van der Waals surface area contributed by atoms with E-state index >= 15 is 0 Å². The Balaban J connectivity index is 1.33. The second-order valence-corrected chi connectivity index (χ2v) is 9.09. The molecule has 8 nitrogen and oxygen atoms in total. The maximum atomic E-state index is 12.6. The molecular weight excluding hydrogens is 418 g/mol. The summed E-state index contributed by atoms with van der Waals surface area (Å²) in [5.74, 6) is -0.607. The maximum absolute atomic E-state index is 12.6. The molecule has 162 valence electrons. The molecule has 9 heteroatoms. The first-order valence-electron chi connectivity index (χ1n) is 10.0. The van der Waals surface area contributed by atoms with Crippen LogP contribution >= 0.6 is 0 Å². The van der Waals surface area contributed by atoms with E-state index in [2.05, 4.69) is 0 Å². The molecular formula is C22H23N3O5S. The quantitative estimate of drug-likeness (QED) is 0.584. The lowest BCUT2D eigenvalue weighted by Gasteiger charge is -2.33. The average Bonchev–Trinajstić information content (AvgIpc) is 3.12. The second-order valence-electron chi connectivity index (χ2n) is 7.28. The largest absolute Gasteiger partial charge is 0.419 e. The molecule has 3 aromatic rings. The summed E-state index contributed by atoms with van der Waals surface area (Å²) in [5.41, 5.74) is 1.95. The molecule has 1 amide bonds. The van der Waals surface area contributed by atoms with Crippen LogP contribution in [-0.4, -0.2) is 54.3 Å². The number of sulfonamides is 1. The number of piperazine rings is 1. The van der Waals surface area contributed by atoms with Crippen LogP contribution < -0.4 is 5.76 Å². The van der Waals surface area contributed by atoms with Gasteiger partial charge in [-0.15, -0.1) is 0 Å². The Hall–Kier alpha value is -3.17. The van der Waals surface area contributed by atoms with Crippen molar-refractivity contribution in [1.29, 1.82) is 0 Å². The van der Waals surface area contributed by atoms with Crippen LogP contribution in [0.25, 0.3) is 17.2 Å². The number of oxazole rings is 1. The molecule has 4 rings (SSSR count). The number of rotatable bonds is 6. The first kappa shape index (κ1) is 21.1. The molecule has 2 aromatic carbocycles. The SMILES string of the molecule is O=C(CCn1c(=O)oc2ccccc21)N1CCN(S(=O)(=O)/C=C/c2ccccc2)CC1. The molecule has 0 spiro atoms. The van der Waals surface area contributed by atoms with E-state index in [1.165, 1.54) is 14.3 Å². The van der Waals surface area contributed by atoms with Gasteiger partial charge in [-0.3, -0.25) is 9.36 Å². The molecule has 0 unspecified atom stereocenters. The van der Waals surface area contributed by atoms with Crippen molar-refractivity contribution in [1.82, 2.24) is 13.8 Å². The molecule has 31 heavy (non-hydrogen) atoms. The highest BCUT2D eigenvalue weighted by atomic mass is 32.2. The van der Waals surface area contributed by atoms with E-state index in [1.54, 1.807) is 29.2 Å². The Kier molecular flexibility index (Phi) is 6.06. The van der Waals surface area contributed by atoms with E-state index in [0.717, 1.165) is 5.56 Å². The number of amides is 1. The Bertz CT molecular complexity index is 1250. The summed E-state index contributed by atoms with van der Waals surface area (Å²) in [6.45, 7) is 1.33. The summed E-state index contributed by atoms with van der Waals surface area (Å²) in [5, 5.41) is 1.20. The molecule has 1 aliphatic rings. The van der Waals surface area contributed by atoms with Crippen molar-refractivity contribution in [3.63, 3.8) is 0 Å². The molecule has 0 aliphatic carbocycles. The number of hydrogen-bond acceptors (Lipinski definition) is 5. The average molecular weight is 442 g/mol. The zero-order valence-corrected chi connectivity index (χ0v) is 17.7. The van der Waals surface area contributed by atoms with Gasteiger partial charge in [0.2, 0.25) is 15.9 Å². The van der Waals surface area contributed by atoms with Crippen LogP contribution in [0.1, 0.15) is 12.0 Å². The number of carbonyl (C=O) groups excluding carboxylic acids is 1. The van der Waals surface area contributed by atoms with Crippen LogP contribution in [0, 0.1) is 0 Å². The fourth-order valence-electron chi connectivity index (χ4n) is 3.60. The molecule has 1 fully saturated rings. The number of fused-ring (bicyclic) bond motifs is 1. The summed E-state index contributed by atoms with van der Waals surface area (Å²) in [4.78, 5) is 26.3. The van der Waals surface area contributed by atoms with Crippen LogP contribution in [0.2, 0.25) is 0 Å². The van der Waals surface area contributed by atoms with E-state index in [0.29, 0.717) is 24.2 Å². The van der Waals surface area contributed by atoms with Crippen molar-refractivity contribution in [2.75, 3.05) is 26.2 Å². The number of carbonyl (C=O) groups is 1. The van der Waals surface area contributed by atoms with Gasteiger partial charge < -0.3 is 9.32 Å². The Morgan fingerprint density at radius 3 is 2.39 bits per heavy atom. The minimum absolute atomic E-state index is 0.117. The minimum atomic E-state index is -3.55. The van der Waals surface area contributed by atoms with Crippen LogP contribution in [0.5, 0.6) is 0 Å². The molecule has 0 radical (unpaired) electrons. The van der Waals surface area contributed by atoms with E-state index in [-0.39, 0.29) is 32.0 Å². The van der Waals surface area contributed by atoms with E-state index in [9.17, 15) is 18.0 Å². The van der Waals surface area contributed by atoms with Crippen LogP contribution in [0.15, 0.2) is 69.2 Å². The molecule has 0 saturated carbocycles. The number of para-hydroxylation sites is 2. The van der Waals surface area contributed by atoms with Crippen molar-refractivity contribution in [3.8, 4) is 0 Å². The zero-order chi connectivity index (χ0) is 21.8. The standard InChI is InChI=1S/C22H23N3O5S/c26-21(10-12-25-19-8-4-5-9-20(19)30-22(25)27)23-13-15-24(16-14-23)31(28,29)17-11-18-6-2-1-3-7-18/h1-9,11,17H,10,12-16H2/b17-11+. The van der Waals surface area contributed by atoms with Crippen molar-refractivity contribution < 1.29 is 17.6 Å². The highest BCUT2D eigenvalue weighted by Crippen LogP contribution is 2.14. The van der Waals surface area contributed by atoms with Gasteiger partial charge in [0.05, 0.1) is 5.52 Å². The summed E-state index contributed by atoms with van der Waals surface area (Å²) in [6, 6.07) is 16.3. The van der Waals surface area contributed by atoms with Gasteiger partial charge in [0.1, 0.15) is 0 Å². The highest BCUT2D eigenvalue weighted by Gasteiger charge is 2.27. The fraction of sp³-hybridized carbons (Fsp3) is 0.273. The second kappa shape index (κ2) is 8.91. The van der Waals surface area contributed by atoms with E-state index in [4.69, 9.17) is 4.42 Å². The third-order valence-corrected chi connectivity index (χ3v) is 6.87. The summed E-state index contributed by atoms with van der Waals surface area (Å²) >= 11 is 0. The van der Waals surface area contributed by atoms with E-state index in [1.807, 2.05) is 36.4 Å². The van der Waals surface area contributed by atoms with E-state index < -0.39 is 15.8 Å². The van der Waals surface area contributed by atoms with Gasteiger partial charge in [-0.25, -0.2) is 13.2 Å². The highest BCUT2D eigenvalue weighted by molar-refractivity contribution is 7.92. The number of aryl methyl sites for hydroxylation is 1. The van der Waals surface area contributed by atoms with Gasteiger partial charge in [-0.1, -0.05) is 42.5 Å². The Labute approximate surface area is 180 Å². The summed E-state index contributed by atoms with van der Waals surface area (Å²) in [6.07, 6.45) is 1.71. The summed E-state index contributed by atoms with van der Waals surface area (Å²) < 4.78 is 33.1. The lowest BCUT2D eigenvalue weighted by molar-refractivity contribution is -0.132. The molecule has 0 atom stereocenters. The van der Waals surface area contributed by atoms with Gasteiger partial charge in [-0.2, -0.15) is 4.31 Å². The molecule has 0 N–H and O–H groups in total. The van der Waals surface area contributed by atoms with Crippen molar-refractivity contribution in [2.24, 2.45) is 0 Å². The van der Waals surface area contributed by atoms with Gasteiger partial charge in [-0.05, 0) is 23.8 Å². The van der Waals surface area contributed by atoms with Crippen LogP contribution in [0.4, 0.5) is 0 Å². The van der Waals surface area contributed by atoms with Crippen molar-refractivity contribution in [3.05, 3.63) is 76.1 Å². The van der Waals surface area contributed by atoms with Gasteiger partial charge in [0, 0.05) is 44.6 Å². The lowest BCUT2D eigenvalue weighted by Crippen LogP contribution is -2.50. The normalized spacial score (nSPS) is 15.7. The van der Waals surface area contributed by atoms with Gasteiger partial charge in [0.15, 0.2) is 5.58 Å². The molecule has 1 saturated heterocycles. The predicted molar refractivity (Wildman–Crippen MR) is 118 cm³/mol. The third kappa shape index (κ3) is 4.78. The molecule has 2 heterocycles.